The van der Waals surface area contributed by atoms with Gasteiger partial charge in [-0.25, -0.2) is 0 Å². The molecule has 1 N–H and O–H groups in total. The number of alkyl halides is 1. The molecule has 0 saturated heterocycles. The van der Waals surface area contributed by atoms with E-state index in [1.807, 2.05) is 27.2 Å². The van der Waals surface area contributed by atoms with Crippen molar-refractivity contribution in [3.63, 3.8) is 0 Å². The highest BCUT2D eigenvalue weighted by Crippen LogP contribution is 2.12. The SMILES string of the molecule is C=CNC=[N+](C)Cc1ccccc1CBr.CC. The van der Waals surface area contributed by atoms with Crippen molar-refractivity contribution in [2.45, 2.75) is 25.7 Å². The predicted octanol–water partition coefficient (Wildman–Crippen LogP) is 3.51. The van der Waals surface area contributed by atoms with E-state index in [0.717, 1.165) is 11.9 Å². The molecule has 0 heterocycles. The largest absolute Gasteiger partial charge is 0.267 e. The van der Waals surface area contributed by atoms with Crippen molar-refractivity contribution in [3.8, 4) is 0 Å². The van der Waals surface area contributed by atoms with Gasteiger partial charge in [-0.05, 0) is 11.1 Å². The Labute approximate surface area is 113 Å². The van der Waals surface area contributed by atoms with Crippen LogP contribution in [0.3, 0.4) is 0 Å². The van der Waals surface area contributed by atoms with Crippen LogP contribution in [0, 0.1) is 0 Å². The summed E-state index contributed by atoms with van der Waals surface area (Å²) >= 11 is 3.49. The van der Waals surface area contributed by atoms with E-state index < -0.39 is 0 Å². The lowest BCUT2D eigenvalue weighted by atomic mass is 10.1. The van der Waals surface area contributed by atoms with Gasteiger partial charge in [-0.15, -0.1) is 0 Å². The minimum atomic E-state index is 0.891. The second-order valence-corrected chi connectivity index (χ2v) is 3.88. The molecule has 17 heavy (non-hydrogen) atoms. The number of nitrogens with one attached hydrogen (secondary N) is 1. The van der Waals surface area contributed by atoms with Crippen LogP contribution in [0.15, 0.2) is 37.0 Å². The Hall–Kier alpha value is -1.09. The lowest BCUT2D eigenvalue weighted by Crippen LogP contribution is -2.15. The Kier molecular flexibility index (Phi) is 9.44. The average molecular weight is 298 g/mol. The summed E-state index contributed by atoms with van der Waals surface area (Å²) in [6.45, 7) is 8.49. The van der Waals surface area contributed by atoms with Crippen LogP contribution in [0.5, 0.6) is 0 Å². The molecule has 0 aliphatic heterocycles. The standard InChI is InChI=1S/C12H15BrN2.C2H6/c1-3-14-10-15(2)9-12-7-5-4-6-11(12)8-13;1-2/h3-7,10H,1,8-9H2,2H3;1-2H3/p+1. The molecule has 0 unspecified atom stereocenters. The van der Waals surface area contributed by atoms with Crippen molar-refractivity contribution in [2.75, 3.05) is 7.05 Å². The molecule has 0 amide bonds. The Bertz CT molecular complexity index is 359. The van der Waals surface area contributed by atoms with Crippen molar-refractivity contribution in [3.05, 3.63) is 48.2 Å². The minimum absolute atomic E-state index is 0.891. The predicted molar refractivity (Wildman–Crippen MR) is 79.7 cm³/mol. The molecule has 0 saturated carbocycles. The molecule has 1 aromatic rings. The average Bonchev–Trinajstić information content (AvgIpc) is 2.39. The van der Waals surface area contributed by atoms with Gasteiger partial charge in [0.1, 0.15) is 6.54 Å². The van der Waals surface area contributed by atoms with Gasteiger partial charge in [0.15, 0.2) is 0 Å². The highest BCUT2D eigenvalue weighted by Gasteiger charge is 2.02. The summed E-state index contributed by atoms with van der Waals surface area (Å²) < 4.78 is 2.09. The van der Waals surface area contributed by atoms with Crippen molar-refractivity contribution in [2.24, 2.45) is 0 Å². The van der Waals surface area contributed by atoms with Gasteiger partial charge in [0.05, 0.1) is 13.2 Å². The molecule has 0 aliphatic rings. The maximum Gasteiger partial charge on any atom is 0.236 e. The van der Waals surface area contributed by atoms with E-state index in [0.29, 0.717) is 0 Å². The van der Waals surface area contributed by atoms with Crippen LogP contribution in [0.4, 0.5) is 0 Å². The van der Waals surface area contributed by atoms with Crippen LogP contribution in [0.2, 0.25) is 0 Å². The summed E-state index contributed by atoms with van der Waals surface area (Å²) in [5.41, 5.74) is 2.66. The second kappa shape index (κ2) is 10.1. The maximum atomic E-state index is 3.60. The lowest BCUT2D eigenvalue weighted by Gasteiger charge is -2.05. The monoisotopic (exact) mass is 297 g/mol. The number of hydrogen-bond acceptors (Lipinski definition) is 0. The van der Waals surface area contributed by atoms with E-state index in [1.54, 1.807) is 6.20 Å². The zero-order chi connectivity index (χ0) is 13.1. The first-order chi connectivity index (χ1) is 8.27. The van der Waals surface area contributed by atoms with Crippen LogP contribution in [0.1, 0.15) is 25.0 Å². The molecule has 94 valence electrons. The van der Waals surface area contributed by atoms with E-state index in [4.69, 9.17) is 0 Å². The lowest BCUT2D eigenvalue weighted by molar-refractivity contribution is -0.510. The van der Waals surface area contributed by atoms with Gasteiger partial charge >= 0.3 is 0 Å². The summed E-state index contributed by atoms with van der Waals surface area (Å²) in [6, 6.07) is 8.41. The smallest absolute Gasteiger partial charge is 0.236 e. The Balaban J connectivity index is 0.00000121. The van der Waals surface area contributed by atoms with Crippen LogP contribution in [-0.2, 0) is 11.9 Å². The zero-order valence-corrected chi connectivity index (χ0v) is 12.5. The van der Waals surface area contributed by atoms with E-state index in [9.17, 15) is 0 Å². The van der Waals surface area contributed by atoms with Crippen LogP contribution >= 0.6 is 15.9 Å². The zero-order valence-electron chi connectivity index (χ0n) is 10.9. The molecule has 3 heteroatoms. The van der Waals surface area contributed by atoms with Crippen LogP contribution in [0.25, 0.3) is 0 Å². The van der Waals surface area contributed by atoms with Gasteiger partial charge < -0.3 is 0 Å². The molecular weight excluding hydrogens is 276 g/mol. The molecule has 0 bridgehead atoms. The van der Waals surface area contributed by atoms with Gasteiger partial charge in [-0.3, -0.25) is 9.89 Å². The Morgan fingerprint density at radius 1 is 1.29 bits per heavy atom. The molecule has 0 radical (unpaired) electrons. The number of halogens is 1. The fourth-order valence-corrected chi connectivity index (χ4v) is 1.88. The normalized spacial score (nSPS) is 10.2. The van der Waals surface area contributed by atoms with Gasteiger partial charge in [0.2, 0.25) is 6.34 Å². The topological polar surface area (TPSA) is 15.0 Å². The third-order valence-corrected chi connectivity index (χ3v) is 2.70. The third kappa shape index (κ3) is 6.27. The molecule has 1 rings (SSSR count). The summed E-state index contributed by atoms with van der Waals surface area (Å²) in [5.74, 6) is 0. The summed E-state index contributed by atoms with van der Waals surface area (Å²) in [7, 11) is 2.03. The van der Waals surface area contributed by atoms with E-state index in [2.05, 4.69) is 56.7 Å². The molecule has 0 atom stereocenters. The number of hydrogen-bond donors (Lipinski definition) is 1. The highest BCUT2D eigenvalue weighted by atomic mass is 79.9. The van der Waals surface area contributed by atoms with Crippen molar-refractivity contribution in [1.29, 1.82) is 0 Å². The summed E-state index contributed by atoms with van der Waals surface area (Å²) in [4.78, 5) is 0. The van der Waals surface area contributed by atoms with Crippen LogP contribution < -0.4 is 5.32 Å². The van der Waals surface area contributed by atoms with Crippen molar-refractivity contribution < 1.29 is 4.58 Å². The highest BCUT2D eigenvalue weighted by molar-refractivity contribution is 9.08. The Morgan fingerprint density at radius 2 is 1.88 bits per heavy atom. The fraction of sp³-hybridized carbons (Fsp3) is 0.357. The van der Waals surface area contributed by atoms with Crippen LogP contribution in [-0.4, -0.2) is 18.0 Å². The molecule has 0 aromatic heterocycles. The minimum Gasteiger partial charge on any atom is -0.267 e. The first kappa shape index (κ1) is 15.9. The number of benzene rings is 1. The number of rotatable bonds is 5. The van der Waals surface area contributed by atoms with E-state index in [-0.39, 0.29) is 0 Å². The van der Waals surface area contributed by atoms with Gasteiger partial charge in [-0.2, -0.15) is 0 Å². The van der Waals surface area contributed by atoms with Crippen molar-refractivity contribution in [1.82, 2.24) is 5.32 Å². The summed E-state index contributed by atoms with van der Waals surface area (Å²) in [5, 5.41) is 3.85. The van der Waals surface area contributed by atoms with Gasteiger partial charge in [0.25, 0.3) is 0 Å². The van der Waals surface area contributed by atoms with E-state index >= 15 is 0 Å². The first-order valence-electron chi connectivity index (χ1n) is 5.81. The first-order valence-corrected chi connectivity index (χ1v) is 6.93. The molecule has 0 fully saturated rings. The summed E-state index contributed by atoms with van der Waals surface area (Å²) in [6.07, 6.45) is 3.56. The quantitative estimate of drug-likeness (QED) is 0.380. The number of nitrogens with zero attached hydrogens (tertiary/aromatic N) is 1. The molecule has 0 aliphatic carbocycles. The van der Waals surface area contributed by atoms with E-state index in [1.165, 1.54) is 11.1 Å². The molecule has 2 nitrogen and oxygen atoms in total. The van der Waals surface area contributed by atoms with Crippen molar-refractivity contribution >= 4 is 22.3 Å². The third-order valence-electron chi connectivity index (χ3n) is 2.09. The molecule has 0 spiro atoms. The van der Waals surface area contributed by atoms with Gasteiger partial charge in [-0.1, -0.05) is 60.6 Å². The second-order valence-electron chi connectivity index (χ2n) is 3.32. The fourth-order valence-electron chi connectivity index (χ4n) is 1.34. The maximum absolute atomic E-state index is 3.60. The molecule has 1 aromatic carbocycles. The van der Waals surface area contributed by atoms with Gasteiger partial charge in [0, 0.05) is 5.33 Å². The molecular formula is C14H22BrN2+. The Morgan fingerprint density at radius 3 is 2.41 bits per heavy atom.